The van der Waals surface area contributed by atoms with Crippen LogP contribution in [0, 0.1) is 0 Å². The van der Waals surface area contributed by atoms with E-state index in [1.165, 1.54) is 11.1 Å². The molecule has 0 saturated carbocycles. The number of carbonyl (C=O) groups excluding carboxylic acids is 3. The van der Waals surface area contributed by atoms with Crippen molar-refractivity contribution in [2.45, 2.75) is 57.2 Å². The molecule has 9 heteroatoms. The lowest BCUT2D eigenvalue weighted by Gasteiger charge is -2.38. The summed E-state index contributed by atoms with van der Waals surface area (Å²) in [5, 5.41) is 2.36. The number of likely N-dealkylation sites (tertiary alicyclic amines) is 1. The highest BCUT2D eigenvalue weighted by Crippen LogP contribution is 2.49. The second kappa shape index (κ2) is 8.89. The van der Waals surface area contributed by atoms with Crippen molar-refractivity contribution in [1.29, 1.82) is 0 Å². The lowest BCUT2D eigenvalue weighted by Crippen LogP contribution is -2.52. The van der Waals surface area contributed by atoms with E-state index in [-0.39, 0.29) is 23.7 Å². The Morgan fingerprint density at radius 1 is 1.17 bits per heavy atom. The summed E-state index contributed by atoms with van der Waals surface area (Å²) < 4.78 is 11.7. The number of aromatic nitrogens is 1. The molecule has 2 fully saturated rings. The van der Waals surface area contributed by atoms with Gasteiger partial charge in [-0.25, -0.2) is 4.98 Å². The third-order valence-corrected chi connectivity index (χ3v) is 8.04. The third-order valence-electron chi connectivity index (χ3n) is 8.04. The van der Waals surface area contributed by atoms with Crippen molar-refractivity contribution in [2.24, 2.45) is 0 Å². The molecule has 1 N–H and O–H groups in total. The minimum Gasteiger partial charge on any atom is -0.492 e. The van der Waals surface area contributed by atoms with Gasteiger partial charge in [0, 0.05) is 47.3 Å². The molecule has 2 saturated heterocycles. The minimum absolute atomic E-state index is 0.0525. The molecule has 6 rings (SSSR count). The minimum atomic E-state index is -0.617. The summed E-state index contributed by atoms with van der Waals surface area (Å²) in [6, 6.07) is 7.33. The summed E-state index contributed by atoms with van der Waals surface area (Å²) in [5.74, 6) is 0.638. The normalized spacial score (nSPS) is 22.9. The van der Waals surface area contributed by atoms with Crippen molar-refractivity contribution in [3.05, 3.63) is 52.7 Å². The molecule has 188 valence electrons. The topological polar surface area (TPSA) is 101 Å². The molecule has 1 spiro atoms. The molecular formula is C27H30N4O5. The van der Waals surface area contributed by atoms with Gasteiger partial charge in [-0.15, -0.1) is 0 Å². The predicted octanol–water partition coefficient (Wildman–Crippen LogP) is 2.17. The lowest BCUT2D eigenvalue weighted by atomic mass is 9.74. The van der Waals surface area contributed by atoms with Gasteiger partial charge in [-0.3, -0.25) is 24.6 Å². The quantitative estimate of drug-likeness (QED) is 0.641. The highest BCUT2D eigenvalue weighted by atomic mass is 16.5. The molecule has 5 heterocycles. The fourth-order valence-corrected chi connectivity index (χ4v) is 6.03. The lowest BCUT2D eigenvalue weighted by molar-refractivity contribution is -0.136. The molecule has 1 atom stereocenters. The summed E-state index contributed by atoms with van der Waals surface area (Å²) in [5.41, 5.74) is 3.78. The Bertz CT molecular complexity index is 1220. The van der Waals surface area contributed by atoms with E-state index < -0.39 is 11.9 Å². The fourth-order valence-electron chi connectivity index (χ4n) is 6.03. The summed E-state index contributed by atoms with van der Waals surface area (Å²) in [6.07, 6.45) is 4.45. The van der Waals surface area contributed by atoms with Gasteiger partial charge in [-0.1, -0.05) is 12.1 Å². The Morgan fingerprint density at radius 2 is 2.00 bits per heavy atom. The first-order valence-electron chi connectivity index (χ1n) is 12.7. The van der Waals surface area contributed by atoms with Gasteiger partial charge in [0.25, 0.3) is 5.91 Å². The first kappa shape index (κ1) is 23.0. The molecule has 4 aliphatic heterocycles. The number of piperidine rings is 2. The van der Waals surface area contributed by atoms with Crippen LogP contribution >= 0.6 is 0 Å². The van der Waals surface area contributed by atoms with E-state index in [1.807, 2.05) is 25.3 Å². The maximum atomic E-state index is 13.2. The number of fused-ring (bicyclic) bond motifs is 4. The van der Waals surface area contributed by atoms with Crippen LogP contribution in [0.25, 0.3) is 0 Å². The molecule has 1 unspecified atom stereocenters. The van der Waals surface area contributed by atoms with Gasteiger partial charge in [0.1, 0.15) is 11.8 Å². The molecule has 0 aliphatic carbocycles. The van der Waals surface area contributed by atoms with E-state index in [2.05, 4.69) is 27.3 Å². The second-order valence-corrected chi connectivity index (χ2v) is 10.2. The number of imide groups is 1. The smallest absolute Gasteiger partial charge is 0.255 e. The molecule has 9 nitrogen and oxygen atoms in total. The average Bonchev–Trinajstić information content (AvgIpc) is 3.40. The molecule has 36 heavy (non-hydrogen) atoms. The predicted molar refractivity (Wildman–Crippen MR) is 130 cm³/mol. The van der Waals surface area contributed by atoms with Crippen molar-refractivity contribution in [1.82, 2.24) is 20.1 Å². The molecule has 0 bridgehead atoms. The van der Waals surface area contributed by atoms with E-state index in [0.717, 1.165) is 43.8 Å². The van der Waals surface area contributed by atoms with Crippen LogP contribution in [0.4, 0.5) is 0 Å². The highest BCUT2D eigenvalue weighted by Gasteiger charge is 2.47. The van der Waals surface area contributed by atoms with Crippen LogP contribution in [-0.2, 0) is 28.1 Å². The van der Waals surface area contributed by atoms with Crippen LogP contribution in [0.3, 0.4) is 0 Å². The highest BCUT2D eigenvalue weighted by molar-refractivity contribution is 6.05. The maximum Gasteiger partial charge on any atom is 0.255 e. The number of pyridine rings is 1. The van der Waals surface area contributed by atoms with Gasteiger partial charge in [0.15, 0.2) is 0 Å². The Hall–Kier alpha value is -3.46. The van der Waals surface area contributed by atoms with Crippen molar-refractivity contribution in [3.8, 4) is 11.6 Å². The van der Waals surface area contributed by atoms with Crippen molar-refractivity contribution < 1.29 is 23.9 Å². The van der Waals surface area contributed by atoms with Gasteiger partial charge in [0.2, 0.25) is 17.7 Å². The summed E-state index contributed by atoms with van der Waals surface area (Å²) in [6.45, 7) is 6.27. The van der Waals surface area contributed by atoms with Crippen LogP contribution in [0.2, 0.25) is 0 Å². The molecule has 1 aromatic carbocycles. The third kappa shape index (κ3) is 3.82. The number of nitrogens with zero attached hydrogens (tertiary/aromatic N) is 3. The summed E-state index contributed by atoms with van der Waals surface area (Å²) in [4.78, 5) is 45.5. The SMILES string of the molecule is CCOc1ccc(CN2CCC3(CC2)COc2c3ccc3c2CN(C2CCC(=O)NC2=O)C3=O)cn1. The van der Waals surface area contributed by atoms with Crippen LogP contribution < -0.4 is 14.8 Å². The largest absolute Gasteiger partial charge is 0.492 e. The molecule has 0 radical (unpaired) electrons. The fraction of sp³-hybridized carbons (Fsp3) is 0.481. The van der Waals surface area contributed by atoms with Crippen molar-refractivity contribution in [2.75, 3.05) is 26.3 Å². The van der Waals surface area contributed by atoms with Gasteiger partial charge >= 0.3 is 0 Å². The van der Waals surface area contributed by atoms with Crippen molar-refractivity contribution >= 4 is 17.7 Å². The maximum absolute atomic E-state index is 13.2. The zero-order chi connectivity index (χ0) is 24.9. The van der Waals surface area contributed by atoms with Crippen LogP contribution in [0.1, 0.15) is 59.7 Å². The van der Waals surface area contributed by atoms with Gasteiger partial charge in [-0.05, 0) is 50.9 Å². The standard InChI is InChI=1S/C27H30N4O5/c1-2-35-23-8-3-17(13-28-23)14-30-11-9-27(10-12-30)16-36-24-19-15-31(21-6-7-22(32)29-25(21)33)26(34)18(19)4-5-20(24)27/h3-5,8,13,21H,2,6-7,9-12,14-16H2,1H3,(H,29,32,33). The van der Waals surface area contributed by atoms with Gasteiger partial charge in [-0.2, -0.15) is 0 Å². The summed E-state index contributed by atoms with van der Waals surface area (Å²) in [7, 11) is 0. The van der Waals surface area contributed by atoms with Gasteiger partial charge in [0.05, 0.1) is 19.8 Å². The number of rotatable bonds is 5. The number of hydrogen-bond acceptors (Lipinski definition) is 7. The molecule has 4 aliphatic rings. The Labute approximate surface area is 209 Å². The number of nitrogens with one attached hydrogen (secondary N) is 1. The van der Waals surface area contributed by atoms with E-state index in [1.54, 1.807) is 4.90 Å². The number of amides is 3. The number of hydrogen-bond donors (Lipinski definition) is 1. The molecular weight excluding hydrogens is 460 g/mol. The molecule has 2 aromatic rings. The number of benzene rings is 1. The monoisotopic (exact) mass is 490 g/mol. The van der Waals surface area contributed by atoms with E-state index in [0.29, 0.717) is 37.6 Å². The van der Waals surface area contributed by atoms with Crippen LogP contribution in [-0.4, -0.2) is 64.9 Å². The average molecular weight is 491 g/mol. The van der Waals surface area contributed by atoms with Crippen molar-refractivity contribution in [3.63, 3.8) is 0 Å². The number of ether oxygens (including phenoxy) is 2. The Morgan fingerprint density at radius 3 is 2.72 bits per heavy atom. The zero-order valence-electron chi connectivity index (χ0n) is 20.4. The van der Waals surface area contributed by atoms with E-state index in [4.69, 9.17) is 9.47 Å². The second-order valence-electron chi connectivity index (χ2n) is 10.2. The first-order valence-corrected chi connectivity index (χ1v) is 12.7. The molecule has 3 amide bonds. The first-order chi connectivity index (χ1) is 17.5. The Balaban J connectivity index is 1.15. The van der Waals surface area contributed by atoms with E-state index in [9.17, 15) is 14.4 Å². The Kier molecular flexibility index (Phi) is 5.67. The van der Waals surface area contributed by atoms with Gasteiger partial charge < -0.3 is 14.4 Å². The van der Waals surface area contributed by atoms with Crippen LogP contribution in [0.5, 0.6) is 11.6 Å². The molecule has 1 aromatic heterocycles. The zero-order valence-corrected chi connectivity index (χ0v) is 20.4. The van der Waals surface area contributed by atoms with E-state index >= 15 is 0 Å². The summed E-state index contributed by atoms with van der Waals surface area (Å²) >= 11 is 0. The van der Waals surface area contributed by atoms with Crippen LogP contribution in [0.15, 0.2) is 30.5 Å². The number of carbonyl (C=O) groups is 3.